The molecule has 1 saturated carbocycles. The smallest absolute Gasteiger partial charge is 0.0597 e. The number of rotatable bonds is 4. The first-order valence-corrected chi connectivity index (χ1v) is 6.39. The molecule has 0 aliphatic heterocycles. The molecule has 0 saturated heterocycles. The van der Waals surface area contributed by atoms with Crippen molar-refractivity contribution < 1.29 is 0 Å². The number of aryl methyl sites for hydroxylation is 2. The van der Waals surface area contributed by atoms with Crippen molar-refractivity contribution in [1.29, 1.82) is 0 Å². The fourth-order valence-corrected chi connectivity index (χ4v) is 2.72. The van der Waals surface area contributed by atoms with Crippen LogP contribution in [0.15, 0.2) is 6.07 Å². The summed E-state index contributed by atoms with van der Waals surface area (Å²) in [5.41, 5.74) is 2.38. The number of hydrogen-bond acceptors (Lipinski definition) is 2. The third-order valence-corrected chi connectivity index (χ3v) is 3.81. The summed E-state index contributed by atoms with van der Waals surface area (Å²) in [7, 11) is 2.02. The Morgan fingerprint density at radius 1 is 1.50 bits per heavy atom. The van der Waals surface area contributed by atoms with Crippen LogP contribution in [-0.2, 0) is 13.6 Å². The summed E-state index contributed by atoms with van der Waals surface area (Å²) in [4.78, 5) is 0. The quantitative estimate of drug-likeness (QED) is 0.846. The predicted octanol–water partition coefficient (Wildman–Crippen LogP) is 2.40. The normalized spacial score (nSPS) is 19.2. The maximum atomic E-state index is 4.36. The van der Waals surface area contributed by atoms with Crippen LogP contribution in [0, 0.1) is 12.8 Å². The topological polar surface area (TPSA) is 29.9 Å². The number of nitrogens with zero attached hydrogens (tertiary/aromatic N) is 2. The second-order valence-corrected chi connectivity index (χ2v) is 5.11. The molecule has 1 aromatic rings. The van der Waals surface area contributed by atoms with Gasteiger partial charge in [-0.2, -0.15) is 5.10 Å². The van der Waals surface area contributed by atoms with Crippen LogP contribution in [0.1, 0.15) is 44.0 Å². The van der Waals surface area contributed by atoms with E-state index in [4.69, 9.17) is 0 Å². The molecule has 1 aliphatic carbocycles. The van der Waals surface area contributed by atoms with E-state index in [0.29, 0.717) is 6.04 Å². The van der Waals surface area contributed by atoms with Crippen LogP contribution in [-0.4, -0.2) is 15.8 Å². The molecule has 3 heteroatoms. The molecule has 0 spiro atoms. The maximum absolute atomic E-state index is 4.36. The van der Waals surface area contributed by atoms with Crippen LogP contribution in [0.2, 0.25) is 0 Å². The number of hydrogen-bond donors (Lipinski definition) is 1. The van der Waals surface area contributed by atoms with E-state index < -0.39 is 0 Å². The zero-order valence-corrected chi connectivity index (χ0v) is 10.7. The molecule has 0 radical (unpaired) electrons. The average molecular weight is 221 g/mol. The minimum atomic E-state index is 0.637. The predicted molar refractivity (Wildman–Crippen MR) is 66.2 cm³/mol. The van der Waals surface area contributed by atoms with Crippen molar-refractivity contribution in [3.8, 4) is 0 Å². The minimum Gasteiger partial charge on any atom is -0.308 e. The summed E-state index contributed by atoms with van der Waals surface area (Å²) in [6, 6.07) is 2.80. The lowest BCUT2D eigenvalue weighted by Gasteiger charge is -2.20. The Kier molecular flexibility index (Phi) is 3.64. The molecule has 16 heavy (non-hydrogen) atoms. The van der Waals surface area contributed by atoms with Crippen LogP contribution >= 0.6 is 0 Å². The second kappa shape index (κ2) is 5.00. The van der Waals surface area contributed by atoms with Crippen LogP contribution in [0.25, 0.3) is 0 Å². The fourth-order valence-electron chi connectivity index (χ4n) is 2.72. The minimum absolute atomic E-state index is 0.637. The summed E-state index contributed by atoms with van der Waals surface area (Å²) in [6.45, 7) is 5.30. The Morgan fingerprint density at radius 2 is 2.19 bits per heavy atom. The molecule has 0 aromatic carbocycles. The van der Waals surface area contributed by atoms with Gasteiger partial charge in [-0.1, -0.05) is 12.8 Å². The van der Waals surface area contributed by atoms with Crippen molar-refractivity contribution in [2.24, 2.45) is 13.0 Å². The highest BCUT2D eigenvalue weighted by Crippen LogP contribution is 2.27. The first-order valence-electron chi connectivity index (χ1n) is 6.39. The first kappa shape index (κ1) is 11.6. The van der Waals surface area contributed by atoms with Gasteiger partial charge in [-0.05, 0) is 38.7 Å². The van der Waals surface area contributed by atoms with Gasteiger partial charge in [0.05, 0.1) is 11.4 Å². The average Bonchev–Trinajstić information content (AvgIpc) is 2.84. The van der Waals surface area contributed by atoms with Gasteiger partial charge < -0.3 is 5.32 Å². The molecule has 3 nitrogen and oxygen atoms in total. The van der Waals surface area contributed by atoms with E-state index in [9.17, 15) is 0 Å². The van der Waals surface area contributed by atoms with E-state index in [1.165, 1.54) is 31.4 Å². The monoisotopic (exact) mass is 221 g/mol. The zero-order chi connectivity index (χ0) is 11.5. The molecular weight excluding hydrogens is 198 g/mol. The standard InChI is InChI=1S/C13H23N3/c1-10-8-13(16(3)15-10)9-14-11(2)12-6-4-5-7-12/h8,11-12,14H,4-7,9H2,1-3H3/t11-/m1/s1. The highest BCUT2D eigenvalue weighted by molar-refractivity contribution is 5.08. The molecule has 2 rings (SSSR count). The number of nitrogens with one attached hydrogen (secondary N) is 1. The summed E-state index contributed by atoms with van der Waals surface area (Å²) in [5, 5.41) is 8.00. The van der Waals surface area contributed by atoms with E-state index in [1.54, 1.807) is 0 Å². The lowest BCUT2D eigenvalue weighted by atomic mass is 10.00. The molecule has 1 aromatic heterocycles. The molecule has 1 atom stereocenters. The van der Waals surface area contributed by atoms with Gasteiger partial charge >= 0.3 is 0 Å². The molecule has 90 valence electrons. The van der Waals surface area contributed by atoms with Crippen molar-refractivity contribution in [3.63, 3.8) is 0 Å². The van der Waals surface area contributed by atoms with E-state index in [2.05, 4.69) is 23.4 Å². The largest absolute Gasteiger partial charge is 0.308 e. The van der Waals surface area contributed by atoms with Crippen molar-refractivity contribution in [1.82, 2.24) is 15.1 Å². The van der Waals surface area contributed by atoms with Crippen LogP contribution < -0.4 is 5.32 Å². The summed E-state index contributed by atoms with van der Waals surface area (Å²) < 4.78 is 1.98. The van der Waals surface area contributed by atoms with Crippen molar-refractivity contribution in [3.05, 3.63) is 17.5 Å². The molecule has 1 fully saturated rings. The maximum Gasteiger partial charge on any atom is 0.0597 e. The summed E-state index contributed by atoms with van der Waals surface area (Å²) in [6.07, 6.45) is 5.64. The molecule has 0 bridgehead atoms. The third-order valence-electron chi connectivity index (χ3n) is 3.81. The SMILES string of the molecule is Cc1cc(CN[C@H](C)C2CCCC2)n(C)n1. The van der Waals surface area contributed by atoms with Crippen LogP contribution in [0.3, 0.4) is 0 Å². The Balaban J connectivity index is 1.84. The van der Waals surface area contributed by atoms with Gasteiger partial charge in [0, 0.05) is 19.6 Å². The van der Waals surface area contributed by atoms with E-state index in [0.717, 1.165) is 18.2 Å². The Morgan fingerprint density at radius 3 is 2.75 bits per heavy atom. The van der Waals surface area contributed by atoms with E-state index in [-0.39, 0.29) is 0 Å². The van der Waals surface area contributed by atoms with Gasteiger partial charge in [-0.25, -0.2) is 0 Å². The van der Waals surface area contributed by atoms with Crippen molar-refractivity contribution in [2.45, 2.75) is 52.1 Å². The molecular formula is C13H23N3. The van der Waals surface area contributed by atoms with Gasteiger partial charge in [0.25, 0.3) is 0 Å². The van der Waals surface area contributed by atoms with Crippen molar-refractivity contribution in [2.75, 3.05) is 0 Å². The van der Waals surface area contributed by atoms with Gasteiger partial charge in [0.1, 0.15) is 0 Å². The summed E-state index contributed by atoms with van der Waals surface area (Å²) in [5.74, 6) is 0.884. The second-order valence-electron chi connectivity index (χ2n) is 5.11. The first-order chi connectivity index (χ1) is 7.66. The van der Waals surface area contributed by atoms with Gasteiger partial charge in [-0.3, -0.25) is 4.68 Å². The lowest BCUT2D eigenvalue weighted by Crippen LogP contribution is -2.32. The summed E-state index contributed by atoms with van der Waals surface area (Å²) >= 11 is 0. The highest BCUT2D eigenvalue weighted by atomic mass is 15.3. The van der Waals surface area contributed by atoms with Gasteiger partial charge in [0.2, 0.25) is 0 Å². The van der Waals surface area contributed by atoms with Gasteiger partial charge in [0.15, 0.2) is 0 Å². The lowest BCUT2D eigenvalue weighted by molar-refractivity contribution is 0.376. The molecule has 1 N–H and O–H groups in total. The Labute approximate surface area is 98.2 Å². The fraction of sp³-hybridized carbons (Fsp3) is 0.769. The Hall–Kier alpha value is -0.830. The zero-order valence-electron chi connectivity index (χ0n) is 10.7. The molecule has 0 amide bonds. The van der Waals surface area contributed by atoms with Crippen LogP contribution in [0.4, 0.5) is 0 Å². The highest BCUT2D eigenvalue weighted by Gasteiger charge is 2.21. The molecule has 1 aliphatic rings. The van der Waals surface area contributed by atoms with Gasteiger partial charge in [-0.15, -0.1) is 0 Å². The number of aromatic nitrogens is 2. The third kappa shape index (κ3) is 2.64. The van der Waals surface area contributed by atoms with Crippen molar-refractivity contribution >= 4 is 0 Å². The van der Waals surface area contributed by atoms with E-state index in [1.807, 2.05) is 18.7 Å². The molecule has 1 heterocycles. The van der Waals surface area contributed by atoms with Crippen LogP contribution in [0.5, 0.6) is 0 Å². The molecule has 0 unspecified atom stereocenters. The Bertz CT molecular complexity index is 337. The van der Waals surface area contributed by atoms with E-state index >= 15 is 0 Å².